The van der Waals surface area contributed by atoms with Gasteiger partial charge in [-0.1, -0.05) is 67.7 Å². The van der Waals surface area contributed by atoms with Crippen LogP contribution in [0.15, 0.2) is 65.7 Å². The van der Waals surface area contributed by atoms with E-state index in [-0.39, 0.29) is 18.4 Å². The quantitative estimate of drug-likeness (QED) is 0.390. The number of carbonyl (C=O) groups excluding carboxylic acids is 2. The van der Waals surface area contributed by atoms with Crippen LogP contribution in [0.25, 0.3) is 0 Å². The first-order valence-corrected chi connectivity index (χ1v) is 12.4. The number of rotatable bonds is 6. The van der Waals surface area contributed by atoms with Gasteiger partial charge in [0.15, 0.2) is 0 Å². The number of hydrogen-bond donors (Lipinski definition) is 1. The molecule has 5 nitrogen and oxygen atoms in total. The molecule has 3 aromatic carbocycles. The standard InChI is InChI=1S/C28H26Cl2FN3O2/c1-4-16(2)26-28(36)34(15-25(35)32-19-11-9-17(3)23(31)14-19)24-12-10-18(29)13-21(24)27(33-26)20-7-5-6-8-22(20)30/h5-14,16,26H,4,15H2,1-3H3,(H,32,35). The number of anilines is 2. The van der Waals surface area contributed by atoms with Crippen molar-refractivity contribution in [3.8, 4) is 0 Å². The molecule has 2 unspecified atom stereocenters. The van der Waals surface area contributed by atoms with Gasteiger partial charge >= 0.3 is 0 Å². The molecule has 0 radical (unpaired) electrons. The predicted molar refractivity (Wildman–Crippen MR) is 144 cm³/mol. The maximum Gasteiger partial charge on any atom is 0.252 e. The Bertz CT molecular complexity index is 1360. The van der Waals surface area contributed by atoms with Crippen molar-refractivity contribution in [3.05, 3.63) is 93.2 Å². The van der Waals surface area contributed by atoms with Crippen molar-refractivity contribution in [2.75, 3.05) is 16.8 Å². The van der Waals surface area contributed by atoms with Crippen LogP contribution in [0.2, 0.25) is 10.0 Å². The maximum atomic E-state index is 14.0. The van der Waals surface area contributed by atoms with Crippen LogP contribution < -0.4 is 10.2 Å². The summed E-state index contributed by atoms with van der Waals surface area (Å²) in [6, 6.07) is 16.1. The summed E-state index contributed by atoms with van der Waals surface area (Å²) in [4.78, 5) is 33.2. The Morgan fingerprint density at radius 3 is 2.56 bits per heavy atom. The number of fused-ring (bicyclic) bond motifs is 1. The summed E-state index contributed by atoms with van der Waals surface area (Å²) in [7, 11) is 0. The number of nitrogens with zero attached hydrogens (tertiary/aromatic N) is 2. The van der Waals surface area contributed by atoms with E-state index >= 15 is 0 Å². The van der Waals surface area contributed by atoms with Gasteiger partial charge in [0.1, 0.15) is 18.4 Å². The molecule has 3 aromatic rings. The Hall–Kier alpha value is -3.22. The molecule has 0 spiro atoms. The molecule has 186 valence electrons. The molecule has 8 heteroatoms. The lowest BCUT2D eigenvalue weighted by molar-refractivity contribution is -0.123. The molecule has 0 aromatic heterocycles. The molecule has 1 aliphatic heterocycles. The third-order valence-electron chi connectivity index (χ3n) is 6.36. The largest absolute Gasteiger partial charge is 0.324 e. The van der Waals surface area contributed by atoms with Crippen LogP contribution in [0.4, 0.5) is 15.8 Å². The minimum Gasteiger partial charge on any atom is -0.324 e. The SMILES string of the molecule is CCC(C)C1N=C(c2ccccc2Cl)c2cc(Cl)ccc2N(CC(=O)Nc2ccc(C)c(F)c2)C1=O. The van der Waals surface area contributed by atoms with Crippen molar-refractivity contribution in [2.45, 2.75) is 33.2 Å². The maximum absolute atomic E-state index is 14.0. The second-order valence-electron chi connectivity index (χ2n) is 8.89. The highest BCUT2D eigenvalue weighted by Crippen LogP contribution is 2.34. The van der Waals surface area contributed by atoms with Crippen LogP contribution in [0.5, 0.6) is 0 Å². The summed E-state index contributed by atoms with van der Waals surface area (Å²) in [5, 5.41) is 3.64. The zero-order valence-electron chi connectivity index (χ0n) is 20.2. The number of halogens is 3. The first-order chi connectivity index (χ1) is 17.2. The third-order valence-corrected chi connectivity index (χ3v) is 6.93. The van der Waals surface area contributed by atoms with E-state index in [1.807, 2.05) is 32.0 Å². The molecule has 2 amide bonds. The number of hydrogen-bond acceptors (Lipinski definition) is 3. The molecule has 0 saturated heterocycles. The highest BCUT2D eigenvalue weighted by molar-refractivity contribution is 6.37. The number of aliphatic imine (C=N–C) groups is 1. The van der Waals surface area contributed by atoms with Gasteiger partial charge in [-0.15, -0.1) is 0 Å². The van der Waals surface area contributed by atoms with Crippen molar-refractivity contribution >= 4 is 52.1 Å². The van der Waals surface area contributed by atoms with Gasteiger partial charge in [0.25, 0.3) is 5.91 Å². The van der Waals surface area contributed by atoms with E-state index in [0.717, 1.165) is 0 Å². The van der Waals surface area contributed by atoms with Crippen molar-refractivity contribution in [1.82, 2.24) is 0 Å². The lowest BCUT2D eigenvalue weighted by atomic mass is 9.97. The summed E-state index contributed by atoms with van der Waals surface area (Å²) in [6.07, 6.45) is 0.704. The van der Waals surface area contributed by atoms with Gasteiger partial charge in [-0.2, -0.15) is 0 Å². The second-order valence-corrected chi connectivity index (χ2v) is 9.73. The van der Waals surface area contributed by atoms with E-state index in [9.17, 15) is 14.0 Å². The zero-order valence-corrected chi connectivity index (χ0v) is 21.7. The van der Waals surface area contributed by atoms with Crippen molar-refractivity contribution in [3.63, 3.8) is 0 Å². The number of nitrogens with one attached hydrogen (secondary N) is 1. The molecule has 0 fully saturated rings. The number of benzodiazepines with no additional fused rings is 1. The Morgan fingerprint density at radius 2 is 1.86 bits per heavy atom. The van der Waals surface area contributed by atoms with Crippen LogP contribution in [0.3, 0.4) is 0 Å². The monoisotopic (exact) mass is 525 g/mol. The summed E-state index contributed by atoms with van der Waals surface area (Å²) in [5.74, 6) is -1.29. The Morgan fingerprint density at radius 1 is 1.11 bits per heavy atom. The predicted octanol–water partition coefficient (Wildman–Crippen LogP) is 6.68. The van der Waals surface area contributed by atoms with Gasteiger partial charge in [-0.05, 0) is 54.8 Å². The van der Waals surface area contributed by atoms with E-state index in [1.54, 1.807) is 43.3 Å². The molecule has 1 heterocycles. The molecular formula is C28H26Cl2FN3O2. The molecule has 0 saturated carbocycles. The van der Waals surface area contributed by atoms with Gasteiger partial charge in [0.05, 0.1) is 11.4 Å². The minimum atomic E-state index is -0.739. The second kappa shape index (κ2) is 10.8. The van der Waals surface area contributed by atoms with E-state index in [2.05, 4.69) is 5.32 Å². The summed E-state index contributed by atoms with van der Waals surface area (Å²) < 4.78 is 14.0. The lowest BCUT2D eigenvalue weighted by Gasteiger charge is -2.26. The fourth-order valence-electron chi connectivity index (χ4n) is 4.12. The summed E-state index contributed by atoms with van der Waals surface area (Å²) in [6.45, 7) is 5.30. The van der Waals surface area contributed by atoms with E-state index in [1.165, 1.54) is 11.0 Å². The van der Waals surface area contributed by atoms with Crippen LogP contribution in [-0.4, -0.2) is 30.1 Å². The average Bonchev–Trinajstić information content (AvgIpc) is 2.96. The van der Waals surface area contributed by atoms with Gasteiger partial charge in [-0.3, -0.25) is 14.6 Å². The smallest absolute Gasteiger partial charge is 0.252 e. The molecule has 4 rings (SSSR count). The van der Waals surface area contributed by atoms with Gasteiger partial charge in [0.2, 0.25) is 5.91 Å². The molecular weight excluding hydrogens is 500 g/mol. The summed E-state index contributed by atoms with van der Waals surface area (Å²) >= 11 is 12.9. The van der Waals surface area contributed by atoms with Crippen LogP contribution in [0.1, 0.15) is 37.0 Å². The first-order valence-electron chi connectivity index (χ1n) is 11.7. The number of carbonyl (C=O) groups is 2. The van der Waals surface area contributed by atoms with Crippen LogP contribution >= 0.6 is 23.2 Å². The normalized spacial score (nSPS) is 16.2. The highest BCUT2D eigenvalue weighted by atomic mass is 35.5. The molecule has 0 bridgehead atoms. The lowest BCUT2D eigenvalue weighted by Crippen LogP contribution is -2.44. The van der Waals surface area contributed by atoms with Gasteiger partial charge in [-0.25, -0.2) is 4.39 Å². The Labute approximate surface area is 219 Å². The minimum absolute atomic E-state index is 0.100. The Balaban J connectivity index is 1.79. The fraction of sp³-hybridized carbons (Fsp3) is 0.250. The molecule has 1 N–H and O–H groups in total. The van der Waals surface area contributed by atoms with Crippen molar-refractivity contribution in [2.24, 2.45) is 10.9 Å². The van der Waals surface area contributed by atoms with Gasteiger partial charge < -0.3 is 10.2 Å². The van der Waals surface area contributed by atoms with Crippen LogP contribution in [0, 0.1) is 18.7 Å². The number of benzene rings is 3. The Kier molecular flexibility index (Phi) is 7.76. The van der Waals surface area contributed by atoms with Gasteiger partial charge in [0, 0.05) is 26.9 Å². The highest BCUT2D eigenvalue weighted by Gasteiger charge is 2.36. The molecule has 36 heavy (non-hydrogen) atoms. The van der Waals surface area contributed by atoms with E-state index in [0.29, 0.717) is 50.2 Å². The third kappa shape index (κ3) is 5.30. The van der Waals surface area contributed by atoms with E-state index < -0.39 is 17.8 Å². The van der Waals surface area contributed by atoms with Crippen molar-refractivity contribution < 1.29 is 14.0 Å². The topological polar surface area (TPSA) is 61.8 Å². The van der Waals surface area contributed by atoms with Crippen LogP contribution in [-0.2, 0) is 9.59 Å². The summed E-state index contributed by atoms with van der Waals surface area (Å²) in [5.41, 5.74) is 3.10. The first kappa shape index (κ1) is 25.9. The fourth-order valence-corrected chi connectivity index (χ4v) is 4.51. The molecule has 2 atom stereocenters. The number of aryl methyl sites for hydroxylation is 1. The van der Waals surface area contributed by atoms with E-state index in [4.69, 9.17) is 28.2 Å². The molecule has 0 aliphatic carbocycles. The number of amides is 2. The molecule has 1 aliphatic rings. The average molecular weight is 526 g/mol. The van der Waals surface area contributed by atoms with Crippen molar-refractivity contribution in [1.29, 1.82) is 0 Å². The zero-order chi connectivity index (χ0) is 26.0.